The van der Waals surface area contributed by atoms with Crippen LogP contribution >= 0.6 is 0 Å². The molecule has 0 aromatic carbocycles. The average Bonchev–Trinajstić information content (AvgIpc) is 2.14. The van der Waals surface area contributed by atoms with Crippen LogP contribution in [0.15, 0.2) is 0 Å². The maximum absolute atomic E-state index is 10.7. The summed E-state index contributed by atoms with van der Waals surface area (Å²) in [5, 5.41) is 16.2. The predicted molar refractivity (Wildman–Crippen MR) is 53.0 cm³/mol. The molecule has 0 saturated carbocycles. The molecule has 0 bridgehead atoms. The number of nitrogens with zero attached hydrogens (tertiary/aromatic N) is 1. The molecule has 78 valence electrons. The first-order valence-electron chi connectivity index (χ1n) is 4.65. The van der Waals surface area contributed by atoms with Crippen molar-refractivity contribution in [1.29, 1.82) is 10.7 Å². The number of rotatable bonds is 5. The first kappa shape index (κ1) is 12.6. The van der Waals surface area contributed by atoms with Crippen LogP contribution in [0, 0.1) is 22.7 Å². The van der Waals surface area contributed by atoms with E-state index in [2.05, 4.69) is 6.07 Å². The maximum Gasteiger partial charge on any atom is 0.303 e. The minimum Gasteiger partial charge on any atom is -0.456 e. The highest BCUT2D eigenvalue weighted by atomic mass is 16.5. The van der Waals surface area contributed by atoms with Crippen LogP contribution in [0.4, 0.5) is 0 Å². The lowest BCUT2D eigenvalue weighted by Crippen LogP contribution is -2.27. The van der Waals surface area contributed by atoms with Crippen LogP contribution in [0.25, 0.3) is 0 Å². The number of ether oxygens (including phenoxy) is 1. The van der Waals surface area contributed by atoms with Gasteiger partial charge in [0.2, 0.25) is 0 Å². The molecule has 4 nitrogen and oxygen atoms in total. The van der Waals surface area contributed by atoms with Crippen LogP contribution < -0.4 is 0 Å². The van der Waals surface area contributed by atoms with E-state index in [9.17, 15) is 4.79 Å². The van der Waals surface area contributed by atoms with Crippen molar-refractivity contribution in [1.82, 2.24) is 0 Å². The Labute approximate surface area is 84.4 Å². The molecule has 14 heavy (non-hydrogen) atoms. The van der Waals surface area contributed by atoms with Crippen LogP contribution in [0.1, 0.15) is 33.6 Å². The van der Waals surface area contributed by atoms with Gasteiger partial charge in [0.25, 0.3) is 0 Å². The standard InChI is InChI=1S/C10H16N2O2/c1-4-9(12)10(14-8(3)13)5-7(2)6-11/h7,10,12H,4-5H2,1-3H3. The van der Waals surface area contributed by atoms with Crippen LogP contribution in [-0.2, 0) is 9.53 Å². The molecule has 0 rings (SSSR count). The molecule has 0 aliphatic rings. The van der Waals surface area contributed by atoms with Crippen molar-refractivity contribution in [2.45, 2.75) is 39.7 Å². The Balaban J connectivity index is 4.33. The molecule has 2 unspecified atom stereocenters. The van der Waals surface area contributed by atoms with Crippen LogP contribution in [0.2, 0.25) is 0 Å². The van der Waals surface area contributed by atoms with Gasteiger partial charge in [-0.1, -0.05) is 6.92 Å². The summed E-state index contributed by atoms with van der Waals surface area (Å²) in [6, 6.07) is 2.06. The fourth-order valence-electron chi connectivity index (χ4n) is 1.06. The topological polar surface area (TPSA) is 73.9 Å². The number of hydrogen-bond donors (Lipinski definition) is 1. The zero-order valence-electron chi connectivity index (χ0n) is 8.83. The first-order chi connectivity index (χ1) is 6.51. The van der Waals surface area contributed by atoms with E-state index in [1.165, 1.54) is 6.92 Å². The van der Waals surface area contributed by atoms with Crippen LogP contribution in [0.3, 0.4) is 0 Å². The first-order valence-corrected chi connectivity index (χ1v) is 4.65. The highest BCUT2D eigenvalue weighted by Gasteiger charge is 2.19. The zero-order valence-corrected chi connectivity index (χ0v) is 8.83. The van der Waals surface area contributed by atoms with E-state index < -0.39 is 12.1 Å². The van der Waals surface area contributed by atoms with Gasteiger partial charge in [-0.15, -0.1) is 0 Å². The lowest BCUT2D eigenvalue weighted by Gasteiger charge is -2.17. The summed E-state index contributed by atoms with van der Waals surface area (Å²) < 4.78 is 4.96. The molecule has 0 aliphatic carbocycles. The highest BCUT2D eigenvalue weighted by Crippen LogP contribution is 2.11. The molecule has 0 saturated heterocycles. The molecule has 0 aromatic heterocycles. The molecular weight excluding hydrogens is 180 g/mol. The summed E-state index contributed by atoms with van der Waals surface area (Å²) in [4.78, 5) is 10.7. The molecule has 0 fully saturated rings. The van der Waals surface area contributed by atoms with Crippen molar-refractivity contribution in [3.63, 3.8) is 0 Å². The lowest BCUT2D eigenvalue weighted by atomic mass is 10.0. The minimum atomic E-state index is -0.535. The molecule has 0 radical (unpaired) electrons. The van der Waals surface area contributed by atoms with Gasteiger partial charge in [-0.3, -0.25) is 4.79 Å². The summed E-state index contributed by atoms with van der Waals surface area (Å²) >= 11 is 0. The molecule has 2 atom stereocenters. The molecule has 0 spiro atoms. The lowest BCUT2D eigenvalue weighted by molar-refractivity contribution is -0.143. The van der Waals surface area contributed by atoms with Gasteiger partial charge in [0.15, 0.2) is 0 Å². The second-order valence-electron chi connectivity index (χ2n) is 3.24. The van der Waals surface area contributed by atoms with E-state index in [0.29, 0.717) is 18.6 Å². The maximum atomic E-state index is 10.7. The second kappa shape index (κ2) is 6.14. The van der Waals surface area contributed by atoms with Crippen molar-refractivity contribution < 1.29 is 9.53 Å². The van der Waals surface area contributed by atoms with Gasteiger partial charge < -0.3 is 10.1 Å². The Morgan fingerprint density at radius 1 is 1.64 bits per heavy atom. The van der Waals surface area contributed by atoms with E-state index in [1.54, 1.807) is 6.92 Å². The van der Waals surface area contributed by atoms with E-state index in [0.717, 1.165) is 0 Å². The summed E-state index contributed by atoms with van der Waals surface area (Å²) in [6.45, 7) is 4.89. The Morgan fingerprint density at radius 3 is 2.57 bits per heavy atom. The Bertz CT molecular complexity index is 255. The molecular formula is C10H16N2O2. The number of carbonyl (C=O) groups is 1. The van der Waals surface area contributed by atoms with Crippen molar-refractivity contribution in [3.8, 4) is 6.07 Å². The van der Waals surface area contributed by atoms with Gasteiger partial charge >= 0.3 is 5.97 Å². The number of carbonyl (C=O) groups excluding carboxylic acids is 1. The third kappa shape index (κ3) is 4.61. The van der Waals surface area contributed by atoms with Gasteiger partial charge in [0.1, 0.15) is 6.10 Å². The second-order valence-corrected chi connectivity index (χ2v) is 3.24. The number of hydrogen-bond acceptors (Lipinski definition) is 4. The third-order valence-electron chi connectivity index (χ3n) is 1.87. The monoisotopic (exact) mass is 196 g/mol. The third-order valence-corrected chi connectivity index (χ3v) is 1.87. The summed E-state index contributed by atoms with van der Waals surface area (Å²) in [6.07, 6.45) is 0.408. The van der Waals surface area contributed by atoms with Gasteiger partial charge in [-0.05, 0) is 13.3 Å². The summed E-state index contributed by atoms with van der Waals surface area (Å²) in [5.41, 5.74) is 0.363. The van der Waals surface area contributed by atoms with E-state index in [4.69, 9.17) is 15.4 Å². The van der Waals surface area contributed by atoms with Gasteiger partial charge in [0.05, 0.1) is 6.07 Å². The molecule has 0 amide bonds. The summed E-state index contributed by atoms with van der Waals surface area (Å²) in [7, 11) is 0. The van der Waals surface area contributed by atoms with Crippen molar-refractivity contribution >= 4 is 11.7 Å². The van der Waals surface area contributed by atoms with Crippen molar-refractivity contribution in [2.75, 3.05) is 0 Å². The number of nitriles is 1. The molecule has 0 heterocycles. The fraction of sp³-hybridized carbons (Fsp3) is 0.700. The highest BCUT2D eigenvalue weighted by molar-refractivity contribution is 5.87. The molecule has 0 aliphatic heterocycles. The average molecular weight is 196 g/mol. The SMILES string of the molecule is CCC(=N)C(CC(C)C#N)OC(C)=O. The normalized spacial score (nSPS) is 13.9. The zero-order chi connectivity index (χ0) is 11.1. The Morgan fingerprint density at radius 2 is 2.21 bits per heavy atom. The van der Waals surface area contributed by atoms with E-state index in [-0.39, 0.29) is 5.92 Å². The number of esters is 1. The van der Waals surface area contributed by atoms with Gasteiger partial charge in [0, 0.05) is 25.0 Å². The van der Waals surface area contributed by atoms with E-state index in [1.807, 2.05) is 6.92 Å². The van der Waals surface area contributed by atoms with Crippen LogP contribution in [-0.4, -0.2) is 17.8 Å². The Kier molecular flexibility index (Phi) is 5.54. The smallest absolute Gasteiger partial charge is 0.303 e. The quantitative estimate of drug-likeness (QED) is 0.539. The summed E-state index contributed by atoms with van der Waals surface area (Å²) in [5.74, 6) is -0.607. The minimum absolute atomic E-state index is 0.203. The predicted octanol–water partition coefficient (Wildman–Crippen LogP) is 1.90. The molecule has 0 aromatic rings. The fourth-order valence-corrected chi connectivity index (χ4v) is 1.06. The molecule has 1 N–H and O–H groups in total. The largest absolute Gasteiger partial charge is 0.456 e. The van der Waals surface area contributed by atoms with Crippen LogP contribution in [0.5, 0.6) is 0 Å². The molecule has 4 heteroatoms. The van der Waals surface area contributed by atoms with E-state index >= 15 is 0 Å². The number of nitrogens with one attached hydrogen (secondary N) is 1. The van der Waals surface area contributed by atoms with Gasteiger partial charge in [-0.25, -0.2) is 0 Å². The van der Waals surface area contributed by atoms with Crippen molar-refractivity contribution in [2.24, 2.45) is 5.92 Å². The van der Waals surface area contributed by atoms with Gasteiger partial charge in [-0.2, -0.15) is 5.26 Å². The Hall–Kier alpha value is -1.37. The van der Waals surface area contributed by atoms with Crippen molar-refractivity contribution in [3.05, 3.63) is 0 Å².